The van der Waals surface area contributed by atoms with Crippen LogP contribution in [-0.4, -0.2) is 21.7 Å². The topological polar surface area (TPSA) is 43.4 Å². The average molecular weight is 236 g/mol. The predicted molar refractivity (Wildman–Crippen MR) is 44.2 cm³/mol. The van der Waals surface area contributed by atoms with Crippen LogP contribution in [0.15, 0.2) is 0 Å². The van der Waals surface area contributed by atoms with Crippen molar-refractivity contribution in [3.8, 4) is 0 Å². The summed E-state index contributed by atoms with van der Waals surface area (Å²) in [5.41, 5.74) is 0. The quantitative estimate of drug-likeness (QED) is 0.702. The highest BCUT2D eigenvalue weighted by atomic mass is 32.2. The molecule has 0 fully saturated rings. The zero-order chi connectivity index (χ0) is 10.9. The molecule has 0 bridgehead atoms. The molecule has 3 nitrogen and oxygen atoms in total. The van der Waals surface area contributed by atoms with Crippen LogP contribution in [0.4, 0.5) is 13.3 Å². The number of alkyl halides is 2. The molecule has 0 aromatic heterocycles. The molecule has 0 N–H and O–H groups in total. The van der Waals surface area contributed by atoms with E-state index in [4.69, 9.17) is 0 Å². The molecular formula is C5H11F3O3SSi. The highest BCUT2D eigenvalue weighted by Gasteiger charge is 2.50. The van der Waals surface area contributed by atoms with Gasteiger partial charge in [-0.15, -0.1) is 0 Å². The van der Waals surface area contributed by atoms with Crippen molar-refractivity contribution in [3.63, 3.8) is 0 Å². The summed E-state index contributed by atoms with van der Waals surface area (Å²) in [6, 6.07) is -0.855. The lowest BCUT2D eigenvalue weighted by molar-refractivity contribution is -0.0234. The van der Waals surface area contributed by atoms with Crippen molar-refractivity contribution in [1.82, 2.24) is 0 Å². The molecule has 0 heterocycles. The Morgan fingerprint density at radius 1 is 1.31 bits per heavy atom. The van der Waals surface area contributed by atoms with Gasteiger partial charge in [-0.25, -0.2) is 0 Å². The van der Waals surface area contributed by atoms with Crippen LogP contribution in [0.5, 0.6) is 0 Å². The van der Waals surface area contributed by atoms with Gasteiger partial charge < -0.3 is 0 Å². The Labute approximate surface area is 75.9 Å². The minimum atomic E-state index is -5.40. The molecule has 0 saturated carbocycles. The Balaban J connectivity index is 4.80. The van der Waals surface area contributed by atoms with E-state index in [1.165, 1.54) is 0 Å². The maximum atomic E-state index is 12.8. The van der Waals surface area contributed by atoms with Gasteiger partial charge in [-0.1, -0.05) is 24.0 Å². The summed E-state index contributed by atoms with van der Waals surface area (Å²) in [7, 11) is -7.69. The van der Waals surface area contributed by atoms with Gasteiger partial charge in [0.1, 0.15) is 0 Å². The molecule has 0 unspecified atom stereocenters. The standard InChI is InChI=1S/C5H11F3O3SSi/c1-13(2,3)4-5(6,7)12(9,10)11-8/h4H2,1-3H3. The first-order chi connectivity index (χ1) is 5.52. The van der Waals surface area contributed by atoms with Crippen molar-refractivity contribution >= 4 is 18.2 Å². The highest BCUT2D eigenvalue weighted by molar-refractivity contribution is 7.87. The van der Waals surface area contributed by atoms with Crippen molar-refractivity contribution in [2.75, 3.05) is 0 Å². The fourth-order valence-corrected chi connectivity index (χ4v) is 4.08. The highest BCUT2D eigenvalue weighted by Crippen LogP contribution is 2.33. The molecule has 0 aliphatic heterocycles. The summed E-state index contributed by atoms with van der Waals surface area (Å²) in [5, 5.41) is -4.13. The molecule has 0 atom stereocenters. The lowest BCUT2D eigenvalue weighted by Crippen LogP contribution is -2.37. The molecule has 0 aliphatic carbocycles. The largest absolute Gasteiger partial charge is 0.370 e. The smallest absolute Gasteiger partial charge is 0.190 e. The second-order valence-electron chi connectivity index (χ2n) is 3.89. The van der Waals surface area contributed by atoms with Crippen LogP contribution in [-0.2, 0) is 14.5 Å². The van der Waals surface area contributed by atoms with E-state index in [1.54, 1.807) is 19.6 Å². The Morgan fingerprint density at radius 2 is 1.69 bits per heavy atom. The molecule has 0 radical (unpaired) electrons. The van der Waals surface area contributed by atoms with Gasteiger partial charge in [0.15, 0.2) is 0 Å². The van der Waals surface area contributed by atoms with Gasteiger partial charge in [-0.2, -0.15) is 17.2 Å². The van der Waals surface area contributed by atoms with Gasteiger partial charge in [-0.05, 0) is 4.53 Å². The third-order valence-electron chi connectivity index (χ3n) is 1.18. The summed E-state index contributed by atoms with van der Waals surface area (Å²) in [6.07, 6.45) is 0. The monoisotopic (exact) mass is 236 g/mol. The van der Waals surface area contributed by atoms with E-state index in [9.17, 15) is 21.7 Å². The molecule has 8 heteroatoms. The maximum Gasteiger partial charge on any atom is 0.370 e. The van der Waals surface area contributed by atoms with Gasteiger partial charge in [0, 0.05) is 6.04 Å². The first-order valence-corrected chi connectivity index (χ1v) is 8.56. The lowest BCUT2D eigenvalue weighted by Gasteiger charge is -2.21. The molecule has 0 rings (SSSR count). The van der Waals surface area contributed by atoms with Crippen LogP contribution in [0.1, 0.15) is 0 Å². The van der Waals surface area contributed by atoms with Crippen LogP contribution < -0.4 is 0 Å². The van der Waals surface area contributed by atoms with E-state index in [1.807, 2.05) is 0 Å². The van der Waals surface area contributed by atoms with Gasteiger partial charge in [-0.3, -0.25) is 0 Å². The summed E-state index contributed by atoms with van der Waals surface area (Å²) >= 11 is 0. The van der Waals surface area contributed by atoms with Crippen molar-refractivity contribution < 1.29 is 26.1 Å². The summed E-state index contributed by atoms with van der Waals surface area (Å²) in [6.45, 7) is 4.65. The molecule has 0 aromatic rings. The zero-order valence-corrected chi connectivity index (χ0v) is 9.29. The van der Waals surface area contributed by atoms with E-state index >= 15 is 0 Å². The lowest BCUT2D eigenvalue weighted by atomic mass is 10.8. The van der Waals surface area contributed by atoms with Crippen molar-refractivity contribution in [2.45, 2.75) is 30.9 Å². The van der Waals surface area contributed by atoms with Gasteiger partial charge in [0.2, 0.25) is 0 Å². The van der Waals surface area contributed by atoms with Crippen LogP contribution in [0, 0.1) is 0 Å². The Bertz CT molecular complexity index is 269. The normalized spacial score (nSPS) is 14.6. The number of hydrogen-bond acceptors (Lipinski definition) is 3. The molecule has 0 amide bonds. The third-order valence-corrected chi connectivity index (χ3v) is 3.99. The average Bonchev–Trinajstić information content (AvgIpc) is 1.81. The van der Waals surface area contributed by atoms with E-state index < -0.39 is 29.5 Å². The third kappa shape index (κ3) is 3.65. The Hall–Kier alpha value is -0.0831. The van der Waals surface area contributed by atoms with Crippen molar-refractivity contribution in [1.29, 1.82) is 0 Å². The molecule has 0 spiro atoms. The van der Waals surface area contributed by atoms with Crippen molar-refractivity contribution in [3.05, 3.63) is 0 Å². The second kappa shape index (κ2) is 3.58. The second-order valence-corrected chi connectivity index (χ2v) is 11.0. The van der Waals surface area contributed by atoms with E-state index in [0.29, 0.717) is 0 Å². The summed E-state index contributed by atoms with van der Waals surface area (Å²) < 4.78 is 59.9. The molecule has 13 heavy (non-hydrogen) atoms. The number of halogens is 3. The van der Waals surface area contributed by atoms with Crippen LogP contribution in [0.25, 0.3) is 0 Å². The Morgan fingerprint density at radius 3 is 1.92 bits per heavy atom. The molecular weight excluding hydrogens is 225 g/mol. The first-order valence-electron chi connectivity index (χ1n) is 3.44. The fraction of sp³-hybridized carbons (Fsp3) is 1.00. The first kappa shape index (κ1) is 12.9. The van der Waals surface area contributed by atoms with Crippen LogP contribution in [0.2, 0.25) is 25.7 Å². The van der Waals surface area contributed by atoms with E-state index in [0.717, 1.165) is 0 Å². The minimum Gasteiger partial charge on any atom is -0.190 e. The number of hydrogen-bond donors (Lipinski definition) is 0. The number of rotatable bonds is 4. The van der Waals surface area contributed by atoms with Gasteiger partial charge in [0.25, 0.3) is 0 Å². The molecule has 0 aromatic carbocycles. The summed E-state index contributed by atoms with van der Waals surface area (Å²) in [4.78, 5) is 0. The Kier molecular flexibility index (Phi) is 3.56. The predicted octanol–water partition coefficient (Wildman–Crippen LogP) is 2.15. The van der Waals surface area contributed by atoms with Crippen LogP contribution in [0.3, 0.4) is 0 Å². The van der Waals surface area contributed by atoms with E-state index in [-0.39, 0.29) is 0 Å². The molecule has 0 aliphatic rings. The zero-order valence-electron chi connectivity index (χ0n) is 7.47. The molecule has 80 valence electrons. The molecule has 0 saturated heterocycles. The SMILES string of the molecule is C[Si](C)(C)CC(F)(F)S(=O)(=O)OF. The van der Waals surface area contributed by atoms with E-state index in [2.05, 4.69) is 4.39 Å². The minimum absolute atomic E-state index is 0.855. The van der Waals surface area contributed by atoms with Gasteiger partial charge in [0.05, 0.1) is 8.07 Å². The summed E-state index contributed by atoms with van der Waals surface area (Å²) in [5.74, 6) is 0. The van der Waals surface area contributed by atoms with Crippen molar-refractivity contribution in [2.24, 2.45) is 0 Å². The van der Waals surface area contributed by atoms with Crippen LogP contribution >= 0.6 is 0 Å². The maximum absolute atomic E-state index is 12.8. The fourth-order valence-electron chi connectivity index (χ4n) is 0.752. The van der Waals surface area contributed by atoms with Gasteiger partial charge >= 0.3 is 15.4 Å².